The second-order valence-corrected chi connectivity index (χ2v) is 5.52. The first-order valence-corrected chi connectivity index (χ1v) is 5.26. The van der Waals surface area contributed by atoms with Gasteiger partial charge >= 0.3 is 0 Å². The number of rotatable bonds is 1. The van der Waals surface area contributed by atoms with E-state index in [0.717, 1.165) is 4.90 Å². The Kier molecular flexibility index (Phi) is 3.02. The summed E-state index contributed by atoms with van der Waals surface area (Å²) in [6, 6.07) is -0.764. The van der Waals surface area contributed by atoms with E-state index in [2.05, 4.69) is 0 Å². The lowest BCUT2D eigenvalue weighted by atomic mass is 9.86. The lowest BCUT2D eigenvalue weighted by molar-refractivity contribution is -0.276. The summed E-state index contributed by atoms with van der Waals surface area (Å²) in [5, 5.41) is 11.0. The van der Waals surface area contributed by atoms with Gasteiger partial charge in [0.2, 0.25) is 0 Å². The van der Waals surface area contributed by atoms with Crippen molar-refractivity contribution in [3.8, 4) is 0 Å². The molecule has 0 radical (unpaired) electrons. The molecule has 0 aliphatic carbocycles. The third-order valence-electron chi connectivity index (χ3n) is 2.72. The molecular formula is C11H18NO4-. The average molecular weight is 228 g/mol. The van der Waals surface area contributed by atoms with Crippen molar-refractivity contribution in [3.63, 3.8) is 0 Å². The predicted molar refractivity (Wildman–Crippen MR) is 55.5 cm³/mol. The molecule has 0 saturated carbocycles. The van der Waals surface area contributed by atoms with Crippen LogP contribution in [0.15, 0.2) is 0 Å². The monoisotopic (exact) mass is 228 g/mol. The van der Waals surface area contributed by atoms with Crippen LogP contribution in [0.5, 0.6) is 0 Å². The third-order valence-corrected chi connectivity index (χ3v) is 2.72. The zero-order chi connectivity index (χ0) is 12.7. The van der Waals surface area contributed by atoms with Crippen LogP contribution in [0.2, 0.25) is 0 Å². The van der Waals surface area contributed by atoms with E-state index in [1.165, 1.54) is 0 Å². The fourth-order valence-electron chi connectivity index (χ4n) is 1.84. The van der Waals surface area contributed by atoms with Gasteiger partial charge in [-0.15, -0.1) is 0 Å². The summed E-state index contributed by atoms with van der Waals surface area (Å²) < 4.78 is 5.33. The van der Waals surface area contributed by atoms with Crippen molar-refractivity contribution in [2.45, 2.75) is 46.4 Å². The fourth-order valence-corrected chi connectivity index (χ4v) is 1.84. The Labute approximate surface area is 95.4 Å². The Bertz CT molecular complexity index is 316. The number of amides is 1. The SMILES string of the molecule is CC(C)(C)C(=O)C1COC(C)(C)N1C(=O)[O-]. The Morgan fingerprint density at radius 3 is 2.25 bits per heavy atom. The van der Waals surface area contributed by atoms with Gasteiger partial charge in [0, 0.05) is 5.41 Å². The number of ether oxygens (including phenoxy) is 1. The van der Waals surface area contributed by atoms with Gasteiger partial charge in [-0.05, 0) is 13.8 Å². The molecule has 1 heterocycles. The number of carboxylic acid groups (broad SMARTS) is 1. The normalized spacial score (nSPS) is 24.6. The van der Waals surface area contributed by atoms with Crippen LogP contribution in [0.25, 0.3) is 0 Å². The molecule has 1 atom stereocenters. The van der Waals surface area contributed by atoms with Gasteiger partial charge in [0.15, 0.2) is 5.78 Å². The molecule has 0 bridgehead atoms. The fraction of sp³-hybridized carbons (Fsp3) is 0.818. The molecule has 0 spiro atoms. The van der Waals surface area contributed by atoms with Crippen molar-refractivity contribution in [3.05, 3.63) is 0 Å². The van der Waals surface area contributed by atoms with Crippen LogP contribution >= 0.6 is 0 Å². The van der Waals surface area contributed by atoms with Crippen LogP contribution in [-0.4, -0.2) is 35.2 Å². The van der Waals surface area contributed by atoms with E-state index in [4.69, 9.17) is 4.74 Å². The number of carbonyl (C=O) groups excluding carboxylic acids is 2. The van der Waals surface area contributed by atoms with Crippen LogP contribution in [0.4, 0.5) is 4.79 Å². The summed E-state index contributed by atoms with van der Waals surface area (Å²) in [5.41, 5.74) is -1.59. The van der Waals surface area contributed by atoms with Gasteiger partial charge in [0.25, 0.3) is 0 Å². The molecule has 1 rings (SSSR count). The molecule has 0 aromatic heterocycles. The summed E-state index contributed by atoms with van der Waals surface area (Å²) in [5.74, 6) is -0.151. The number of nitrogens with zero attached hydrogens (tertiary/aromatic N) is 1. The van der Waals surface area contributed by atoms with Gasteiger partial charge in [0.1, 0.15) is 17.9 Å². The van der Waals surface area contributed by atoms with Gasteiger partial charge in [-0.1, -0.05) is 20.8 Å². The first-order valence-electron chi connectivity index (χ1n) is 5.26. The molecule has 1 aliphatic rings. The number of carbonyl (C=O) groups is 2. The maximum absolute atomic E-state index is 12.1. The van der Waals surface area contributed by atoms with E-state index in [1.54, 1.807) is 34.6 Å². The number of Topliss-reactive ketones (excluding diaryl/α,β-unsaturated/α-hetero) is 1. The Hall–Kier alpha value is -1.10. The zero-order valence-electron chi connectivity index (χ0n) is 10.4. The quantitative estimate of drug-likeness (QED) is 0.650. The number of ketones is 1. The molecule has 1 saturated heterocycles. The zero-order valence-corrected chi connectivity index (χ0v) is 10.4. The molecule has 1 amide bonds. The number of hydrogen-bond donors (Lipinski definition) is 0. The highest BCUT2D eigenvalue weighted by molar-refractivity contribution is 5.91. The molecule has 1 fully saturated rings. The van der Waals surface area contributed by atoms with Gasteiger partial charge in [-0.3, -0.25) is 4.79 Å². The lowest BCUT2D eigenvalue weighted by Crippen LogP contribution is -2.57. The highest BCUT2D eigenvalue weighted by Gasteiger charge is 2.46. The van der Waals surface area contributed by atoms with Gasteiger partial charge in [0.05, 0.1) is 6.61 Å². The Morgan fingerprint density at radius 2 is 1.88 bits per heavy atom. The van der Waals surface area contributed by atoms with Crippen molar-refractivity contribution < 1.29 is 19.4 Å². The molecule has 0 aromatic carbocycles. The minimum atomic E-state index is -1.37. The maximum atomic E-state index is 12.1. The van der Waals surface area contributed by atoms with E-state index in [0.29, 0.717) is 0 Å². The second kappa shape index (κ2) is 3.73. The first kappa shape index (κ1) is 13.0. The molecule has 1 aliphatic heterocycles. The van der Waals surface area contributed by atoms with Crippen LogP contribution in [0, 0.1) is 5.41 Å². The summed E-state index contributed by atoms with van der Waals surface area (Å²) in [6.07, 6.45) is -1.37. The predicted octanol–water partition coefficient (Wildman–Crippen LogP) is 0.382. The van der Waals surface area contributed by atoms with E-state index < -0.39 is 23.3 Å². The highest BCUT2D eigenvalue weighted by Crippen LogP contribution is 2.31. The Morgan fingerprint density at radius 1 is 1.38 bits per heavy atom. The van der Waals surface area contributed by atoms with Crippen LogP contribution in [-0.2, 0) is 9.53 Å². The minimum Gasteiger partial charge on any atom is -0.530 e. The molecule has 16 heavy (non-hydrogen) atoms. The van der Waals surface area contributed by atoms with Crippen molar-refractivity contribution in [1.82, 2.24) is 4.90 Å². The molecule has 0 N–H and O–H groups in total. The maximum Gasteiger partial charge on any atom is 0.163 e. The number of hydrogen-bond acceptors (Lipinski definition) is 4. The van der Waals surface area contributed by atoms with Gasteiger partial charge in [-0.2, -0.15) is 0 Å². The van der Waals surface area contributed by atoms with E-state index in [9.17, 15) is 14.7 Å². The van der Waals surface area contributed by atoms with Gasteiger partial charge in [-0.25, -0.2) is 0 Å². The molecule has 5 heteroatoms. The molecule has 5 nitrogen and oxygen atoms in total. The standard InChI is InChI=1S/C11H19NO4/c1-10(2,3)8(13)7-6-16-11(4,5)12(7)9(14)15/h7H,6H2,1-5H3,(H,14,15)/p-1. The largest absolute Gasteiger partial charge is 0.530 e. The molecule has 92 valence electrons. The van der Waals surface area contributed by atoms with Crippen LogP contribution < -0.4 is 5.11 Å². The topological polar surface area (TPSA) is 69.7 Å². The Balaban J connectivity index is 2.99. The van der Waals surface area contributed by atoms with E-state index >= 15 is 0 Å². The van der Waals surface area contributed by atoms with Gasteiger partial charge < -0.3 is 19.5 Å². The first-order chi connectivity index (χ1) is 7.07. The smallest absolute Gasteiger partial charge is 0.163 e. The van der Waals surface area contributed by atoms with E-state index in [1.807, 2.05) is 0 Å². The summed E-state index contributed by atoms with van der Waals surface area (Å²) in [7, 11) is 0. The minimum absolute atomic E-state index is 0.0943. The van der Waals surface area contributed by atoms with Crippen molar-refractivity contribution >= 4 is 11.9 Å². The molecular weight excluding hydrogens is 210 g/mol. The van der Waals surface area contributed by atoms with E-state index in [-0.39, 0.29) is 12.4 Å². The van der Waals surface area contributed by atoms with Crippen molar-refractivity contribution in [2.24, 2.45) is 5.41 Å². The average Bonchev–Trinajstić information content (AvgIpc) is 2.37. The van der Waals surface area contributed by atoms with Crippen molar-refractivity contribution in [1.29, 1.82) is 0 Å². The summed E-state index contributed by atoms with van der Waals surface area (Å²) in [6.45, 7) is 8.59. The third kappa shape index (κ3) is 2.19. The van der Waals surface area contributed by atoms with Crippen LogP contribution in [0.1, 0.15) is 34.6 Å². The van der Waals surface area contributed by atoms with Crippen LogP contribution in [0.3, 0.4) is 0 Å². The van der Waals surface area contributed by atoms with Crippen molar-refractivity contribution in [2.75, 3.05) is 6.61 Å². The summed E-state index contributed by atoms with van der Waals surface area (Å²) in [4.78, 5) is 24.1. The lowest BCUT2D eigenvalue weighted by Gasteiger charge is -2.36. The molecule has 0 aromatic rings. The highest BCUT2D eigenvalue weighted by atomic mass is 16.5. The second-order valence-electron chi connectivity index (χ2n) is 5.52. The summed E-state index contributed by atoms with van der Waals surface area (Å²) >= 11 is 0. The molecule has 1 unspecified atom stereocenters.